The van der Waals surface area contributed by atoms with Crippen molar-refractivity contribution in [2.24, 2.45) is 5.92 Å². The van der Waals surface area contributed by atoms with E-state index in [1.807, 2.05) is 37.3 Å². The largest absolute Gasteiger partial charge is 0.497 e. The van der Waals surface area contributed by atoms with E-state index >= 15 is 0 Å². The molecule has 0 bridgehead atoms. The van der Waals surface area contributed by atoms with E-state index in [1.54, 1.807) is 18.1 Å². The van der Waals surface area contributed by atoms with Crippen LogP contribution in [0, 0.1) is 11.7 Å². The minimum absolute atomic E-state index is 0.0594. The molecule has 6 heteroatoms. The SMILES string of the molecule is CCN1C(=O)CC[C@@H](C(=O)NCCc2cccc(F)c2)[C@@H]1c1cccc(OC)c1. The Hall–Kier alpha value is -2.89. The van der Waals surface area contributed by atoms with Gasteiger partial charge in [0.25, 0.3) is 0 Å². The van der Waals surface area contributed by atoms with Gasteiger partial charge < -0.3 is 15.0 Å². The maximum Gasteiger partial charge on any atom is 0.225 e. The summed E-state index contributed by atoms with van der Waals surface area (Å²) in [6.45, 7) is 2.88. The molecule has 2 aromatic rings. The van der Waals surface area contributed by atoms with E-state index in [0.717, 1.165) is 11.1 Å². The van der Waals surface area contributed by atoms with Crippen LogP contribution in [0.5, 0.6) is 5.75 Å². The molecule has 0 spiro atoms. The van der Waals surface area contributed by atoms with Gasteiger partial charge >= 0.3 is 0 Å². The van der Waals surface area contributed by atoms with Crippen LogP contribution in [-0.2, 0) is 16.0 Å². The maximum atomic E-state index is 13.3. The van der Waals surface area contributed by atoms with Crippen LogP contribution in [0.4, 0.5) is 4.39 Å². The average molecular weight is 398 g/mol. The molecule has 1 fully saturated rings. The highest BCUT2D eigenvalue weighted by Crippen LogP contribution is 2.37. The Bertz CT molecular complexity index is 871. The Kier molecular flexibility index (Phi) is 6.86. The summed E-state index contributed by atoms with van der Waals surface area (Å²) >= 11 is 0. The number of nitrogens with one attached hydrogen (secondary N) is 1. The van der Waals surface area contributed by atoms with Gasteiger partial charge in [0.2, 0.25) is 11.8 Å². The summed E-state index contributed by atoms with van der Waals surface area (Å²) in [7, 11) is 1.60. The van der Waals surface area contributed by atoms with Crippen molar-refractivity contribution in [2.75, 3.05) is 20.2 Å². The van der Waals surface area contributed by atoms with Crippen molar-refractivity contribution in [3.63, 3.8) is 0 Å². The minimum Gasteiger partial charge on any atom is -0.497 e. The van der Waals surface area contributed by atoms with E-state index < -0.39 is 0 Å². The highest BCUT2D eigenvalue weighted by Gasteiger charge is 2.39. The molecule has 3 rings (SSSR count). The fraction of sp³-hybridized carbons (Fsp3) is 0.391. The van der Waals surface area contributed by atoms with Crippen molar-refractivity contribution in [3.05, 3.63) is 65.5 Å². The van der Waals surface area contributed by atoms with Gasteiger partial charge in [-0.05, 0) is 55.2 Å². The molecule has 2 atom stereocenters. The third-order valence-electron chi connectivity index (χ3n) is 5.42. The molecule has 29 heavy (non-hydrogen) atoms. The molecule has 0 aromatic heterocycles. The molecule has 154 valence electrons. The van der Waals surface area contributed by atoms with Gasteiger partial charge in [-0.3, -0.25) is 9.59 Å². The number of nitrogens with zero attached hydrogens (tertiary/aromatic N) is 1. The molecule has 1 saturated heterocycles. The fourth-order valence-corrected chi connectivity index (χ4v) is 3.99. The van der Waals surface area contributed by atoms with Gasteiger partial charge in [0.1, 0.15) is 11.6 Å². The first-order valence-electron chi connectivity index (χ1n) is 9.99. The van der Waals surface area contributed by atoms with Crippen LogP contribution in [0.1, 0.15) is 36.9 Å². The van der Waals surface area contributed by atoms with E-state index in [9.17, 15) is 14.0 Å². The predicted molar refractivity (Wildman–Crippen MR) is 109 cm³/mol. The number of ether oxygens (including phenoxy) is 1. The van der Waals surface area contributed by atoms with Crippen LogP contribution in [0.2, 0.25) is 0 Å². The van der Waals surface area contributed by atoms with E-state index in [4.69, 9.17) is 4.74 Å². The highest BCUT2D eigenvalue weighted by atomic mass is 19.1. The maximum absolute atomic E-state index is 13.3. The Balaban J connectivity index is 1.75. The lowest BCUT2D eigenvalue weighted by Gasteiger charge is -2.40. The highest BCUT2D eigenvalue weighted by molar-refractivity contribution is 5.85. The fourth-order valence-electron chi connectivity index (χ4n) is 3.99. The number of halogens is 1. The van der Waals surface area contributed by atoms with E-state index in [2.05, 4.69) is 5.32 Å². The van der Waals surface area contributed by atoms with Crippen molar-refractivity contribution in [1.29, 1.82) is 0 Å². The van der Waals surface area contributed by atoms with E-state index in [-0.39, 0.29) is 29.6 Å². The average Bonchev–Trinajstić information content (AvgIpc) is 2.73. The zero-order valence-corrected chi connectivity index (χ0v) is 16.9. The quantitative estimate of drug-likeness (QED) is 0.777. The summed E-state index contributed by atoms with van der Waals surface area (Å²) in [4.78, 5) is 27.3. The zero-order chi connectivity index (χ0) is 20.8. The van der Waals surface area contributed by atoms with Gasteiger partial charge in [0.15, 0.2) is 0 Å². The van der Waals surface area contributed by atoms with Gasteiger partial charge in [0.05, 0.1) is 19.1 Å². The molecular formula is C23H27FN2O3. The smallest absolute Gasteiger partial charge is 0.225 e. The van der Waals surface area contributed by atoms with Gasteiger partial charge in [-0.1, -0.05) is 24.3 Å². The molecule has 1 aliphatic rings. The topological polar surface area (TPSA) is 58.6 Å². The number of carbonyl (C=O) groups is 2. The Morgan fingerprint density at radius 1 is 1.24 bits per heavy atom. The van der Waals surface area contributed by atoms with Crippen LogP contribution < -0.4 is 10.1 Å². The van der Waals surface area contributed by atoms with Crippen LogP contribution in [0.25, 0.3) is 0 Å². The summed E-state index contributed by atoms with van der Waals surface area (Å²) in [5, 5.41) is 2.98. The molecule has 2 aromatic carbocycles. The second-order valence-electron chi connectivity index (χ2n) is 7.22. The molecule has 0 saturated carbocycles. The van der Waals surface area contributed by atoms with Crippen molar-refractivity contribution >= 4 is 11.8 Å². The number of hydrogen-bond acceptors (Lipinski definition) is 3. The standard InChI is InChI=1S/C23H27FN2O3/c1-3-26-21(27)11-10-20(22(26)17-7-5-9-19(15-17)29-2)23(28)25-13-12-16-6-4-8-18(24)14-16/h4-9,14-15,20,22H,3,10-13H2,1-2H3,(H,25,28)/t20-,22+/m1/s1. The molecule has 5 nitrogen and oxygen atoms in total. The number of methoxy groups -OCH3 is 1. The molecule has 1 heterocycles. The van der Waals surface area contributed by atoms with Gasteiger partial charge in [-0.25, -0.2) is 4.39 Å². The third-order valence-corrected chi connectivity index (χ3v) is 5.42. The first-order valence-corrected chi connectivity index (χ1v) is 9.99. The molecule has 2 amide bonds. The van der Waals surface area contributed by atoms with Gasteiger partial charge in [-0.2, -0.15) is 0 Å². The molecule has 0 aliphatic carbocycles. The predicted octanol–water partition coefficient (Wildman–Crippen LogP) is 3.49. The lowest BCUT2D eigenvalue weighted by Crippen LogP contribution is -2.48. The molecular weight excluding hydrogens is 371 g/mol. The summed E-state index contributed by atoms with van der Waals surface area (Å²) < 4.78 is 18.7. The van der Waals surface area contributed by atoms with Gasteiger partial charge in [0, 0.05) is 19.5 Å². The summed E-state index contributed by atoms with van der Waals surface area (Å²) in [6, 6.07) is 13.6. The lowest BCUT2D eigenvalue weighted by molar-refractivity contribution is -0.143. The van der Waals surface area contributed by atoms with Crippen LogP contribution in [-0.4, -0.2) is 36.9 Å². The third kappa shape index (κ3) is 4.94. The summed E-state index contributed by atoms with van der Waals surface area (Å²) in [5.41, 5.74) is 1.73. The van der Waals surface area contributed by atoms with Crippen molar-refractivity contribution in [2.45, 2.75) is 32.2 Å². The normalized spacial score (nSPS) is 19.1. The van der Waals surface area contributed by atoms with Crippen molar-refractivity contribution in [3.8, 4) is 5.75 Å². The number of benzene rings is 2. The first-order chi connectivity index (χ1) is 14.0. The minimum atomic E-state index is -0.340. The molecule has 0 unspecified atom stereocenters. The number of piperidine rings is 1. The van der Waals surface area contributed by atoms with E-state index in [1.165, 1.54) is 12.1 Å². The second kappa shape index (κ2) is 9.54. The van der Waals surface area contributed by atoms with Gasteiger partial charge in [-0.15, -0.1) is 0 Å². The Labute approximate surface area is 170 Å². The van der Waals surface area contributed by atoms with E-state index in [0.29, 0.717) is 38.1 Å². The number of carbonyl (C=O) groups excluding carboxylic acids is 2. The number of amides is 2. The number of hydrogen-bond donors (Lipinski definition) is 1. The molecule has 1 aliphatic heterocycles. The first kappa shape index (κ1) is 20.8. The number of rotatable bonds is 7. The summed E-state index contributed by atoms with van der Waals surface area (Å²) in [6.07, 6.45) is 1.41. The van der Waals surface area contributed by atoms with Crippen LogP contribution >= 0.6 is 0 Å². The summed E-state index contributed by atoms with van der Waals surface area (Å²) in [5.74, 6) is 0.0507. The zero-order valence-electron chi connectivity index (χ0n) is 16.9. The second-order valence-corrected chi connectivity index (χ2v) is 7.22. The van der Waals surface area contributed by atoms with Crippen LogP contribution in [0.3, 0.4) is 0 Å². The Morgan fingerprint density at radius 2 is 2.03 bits per heavy atom. The monoisotopic (exact) mass is 398 g/mol. The van der Waals surface area contributed by atoms with Crippen molar-refractivity contribution < 1.29 is 18.7 Å². The molecule has 1 N–H and O–H groups in total. The van der Waals surface area contributed by atoms with Crippen LogP contribution in [0.15, 0.2) is 48.5 Å². The number of likely N-dealkylation sites (tertiary alicyclic amines) is 1. The Morgan fingerprint density at radius 3 is 2.76 bits per heavy atom. The lowest BCUT2D eigenvalue weighted by atomic mass is 9.83. The molecule has 0 radical (unpaired) electrons. The van der Waals surface area contributed by atoms with Crippen molar-refractivity contribution in [1.82, 2.24) is 10.2 Å².